The topological polar surface area (TPSA) is 59.6 Å². The molecule has 0 spiro atoms. The molecular weight excluding hydrogens is 208 g/mol. The lowest BCUT2D eigenvalue weighted by Crippen LogP contribution is -2.52. The van der Waals surface area contributed by atoms with E-state index in [1.165, 1.54) is 6.42 Å². The summed E-state index contributed by atoms with van der Waals surface area (Å²) in [7, 11) is 1.71. The van der Waals surface area contributed by atoms with E-state index in [2.05, 4.69) is 10.6 Å². The predicted molar refractivity (Wildman–Crippen MR) is 59.3 cm³/mol. The largest absolute Gasteiger partial charge is 0.379 e. The quantitative estimate of drug-likeness (QED) is 0.742. The zero-order valence-corrected chi connectivity index (χ0v) is 9.75. The minimum Gasteiger partial charge on any atom is -0.379 e. The molecule has 1 saturated carbocycles. The summed E-state index contributed by atoms with van der Waals surface area (Å²) in [6.07, 6.45) is 4.17. The standard InChI is InChI=1S/C11H20N2O3/c1-15-11(4-2-5-11)8-12-10(14)13-9-3-6-16-7-9/h9H,2-8H2,1H3,(H2,12,13,14)/t9-/m0/s1. The molecule has 0 unspecified atom stereocenters. The second-order valence-corrected chi connectivity index (χ2v) is 4.63. The summed E-state index contributed by atoms with van der Waals surface area (Å²) in [5.74, 6) is 0. The van der Waals surface area contributed by atoms with E-state index in [1.54, 1.807) is 7.11 Å². The van der Waals surface area contributed by atoms with Gasteiger partial charge in [0.1, 0.15) is 0 Å². The van der Waals surface area contributed by atoms with E-state index in [0.717, 1.165) is 25.9 Å². The second kappa shape index (κ2) is 5.01. The van der Waals surface area contributed by atoms with E-state index in [1.807, 2.05) is 0 Å². The van der Waals surface area contributed by atoms with E-state index in [4.69, 9.17) is 9.47 Å². The van der Waals surface area contributed by atoms with Gasteiger partial charge in [0.05, 0.1) is 18.2 Å². The van der Waals surface area contributed by atoms with Gasteiger partial charge in [-0.15, -0.1) is 0 Å². The molecule has 1 atom stereocenters. The zero-order valence-electron chi connectivity index (χ0n) is 9.75. The average molecular weight is 228 g/mol. The number of hydrogen-bond donors (Lipinski definition) is 2. The Bertz CT molecular complexity index is 242. The Morgan fingerprint density at radius 2 is 2.38 bits per heavy atom. The number of carbonyl (C=O) groups is 1. The predicted octanol–water partition coefficient (Wildman–Crippen LogP) is 0.644. The number of urea groups is 1. The smallest absolute Gasteiger partial charge is 0.315 e. The van der Waals surface area contributed by atoms with E-state index in [0.29, 0.717) is 13.2 Å². The van der Waals surface area contributed by atoms with Crippen LogP contribution in [0.1, 0.15) is 25.7 Å². The lowest BCUT2D eigenvalue weighted by molar-refractivity contribution is -0.0674. The zero-order chi connectivity index (χ0) is 11.4. The highest BCUT2D eigenvalue weighted by molar-refractivity contribution is 5.74. The summed E-state index contributed by atoms with van der Waals surface area (Å²) >= 11 is 0. The molecule has 16 heavy (non-hydrogen) atoms. The molecule has 2 N–H and O–H groups in total. The maximum atomic E-state index is 11.6. The van der Waals surface area contributed by atoms with Crippen LogP contribution >= 0.6 is 0 Å². The summed E-state index contributed by atoms with van der Waals surface area (Å²) in [6.45, 7) is 1.97. The van der Waals surface area contributed by atoms with Gasteiger partial charge in [-0.2, -0.15) is 0 Å². The van der Waals surface area contributed by atoms with Crippen molar-refractivity contribution in [3.05, 3.63) is 0 Å². The molecule has 0 radical (unpaired) electrons. The fourth-order valence-corrected chi connectivity index (χ4v) is 2.15. The van der Waals surface area contributed by atoms with Crippen molar-refractivity contribution >= 4 is 6.03 Å². The Balaban J connectivity index is 1.66. The van der Waals surface area contributed by atoms with Crippen molar-refractivity contribution in [2.24, 2.45) is 0 Å². The van der Waals surface area contributed by atoms with Gasteiger partial charge < -0.3 is 20.1 Å². The normalized spacial score (nSPS) is 27.2. The first-order chi connectivity index (χ1) is 7.74. The van der Waals surface area contributed by atoms with Crippen LogP contribution in [0.4, 0.5) is 4.79 Å². The van der Waals surface area contributed by atoms with Crippen LogP contribution in [0.5, 0.6) is 0 Å². The molecule has 92 valence electrons. The summed E-state index contributed by atoms with van der Waals surface area (Å²) in [5, 5.41) is 5.77. The molecule has 2 fully saturated rings. The molecule has 1 aliphatic carbocycles. The van der Waals surface area contributed by atoms with Crippen molar-refractivity contribution in [3.8, 4) is 0 Å². The Labute approximate surface area is 95.9 Å². The minimum atomic E-state index is -0.112. The van der Waals surface area contributed by atoms with E-state index >= 15 is 0 Å². The lowest BCUT2D eigenvalue weighted by atomic mass is 9.80. The molecule has 0 aromatic rings. The first kappa shape index (κ1) is 11.7. The first-order valence-electron chi connectivity index (χ1n) is 5.91. The lowest BCUT2D eigenvalue weighted by Gasteiger charge is -2.40. The molecule has 2 rings (SSSR count). The van der Waals surface area contributed by atoms with Crippen LogP contribution in [0.2, 0.25) is 0 Å². The van der Waals surface area contributed by atoms with E-state index < -0.39 is 0 Å². The van der Waals surface area contributed by atoms with Crippen LogP contribution < -0.4 is 10.6 Å². The van der Waals surface area contributed by atoms with Gasteiger partial charge in [-0.1, -0.05) is 0 Å². The van der Waals surface area contributed by atoms with E-state index in [-0.39, 0.29) is 17.7 Å². The summed E-state index contributed by atoms with van der Waals surface area (Å²) in [6, 6.07) is 0.0544. The van der Waals surface area contributed by atoms with Gasteiger partial charge in [0.25, 0.3) is 0 Å². The molecule has 0 bridgehead atoms. The summed E-state index contributed by atoms with van der Waals surface area (Å²) in [5.41, 5.74) is -0.108. The van der Waals surface area contributed by atoms with E-state index in [9.17, 15) is 4.79 Å². The van der Waals surface area contributed by atoms with Gasteiger partial charge >= 0.3 is 6.03 Å². The molecule has 0 aromatic carbocycles. The Morgan fingerprint density at radius 3 is 2.88 bits per heavy atom. The number of hydrogen-bond acceptors (Lipinski definition) is 3. The molecule has 5 heteroatoms. The van der Waals surface area contributed by atoms with Crippen LogP contribution in [0.15, 0.2) is 0 Å². The van der Waals surface area contributed by atoms with Crippen molar-refractivity contribution in [3.63, 3.8) is 0 Å². The monoisotopic (exact) mass is 228 g/mol. The number of carbonyl (C=O) groups excluding carboxylic acids is 1. The average Bonchev–Trinajstić information content (AvgIpc) is 2.69. The number of ether oxygens (including phenoxy) is 2. The summed E-state index contributed by atoms with van der Waals surface area (Å²) < 4.78 is 10.6. The third-order valence-electron chi connectivity index (χ3n) is 3.53. The highest BCUT2D eigenvalue weighted by atomic mass is 16.5. The second-order valence-electron chi connectivity index (χ2n) is 4.63. The highest BCUT2D eigenvalue weighted by Gasteiger charge is 2.37. The van der Waals surface area contributed by atoms with Crippen molar-refractivity contribution in [1.82, 2.24) is 10.6 Å². The van der Waals surface area contributed by atoms with Crippen molar-refractivity contribution in [1.29, 1.82) is 0 Å². The molecule has 1 saturated heterocycles. The number of amides is 2. The Hall–Kier alpha value is -0.810. The summed E-state index contributed by atoms with van der Waals surface area (Å²) in [4.78, 5) is 11.6. The van der Waals surface area contributed by atoms with Gasteiger partial charge in [0.15, 0.2) is 0 Å². The third kappa shape index (κ3) is 2.65. The van der Waals surface area contributed by atoms with Gasteiger partial charge in [0, 0.05) is 20.3 Å². The van der Waals surface area contributed by atoms with Crippen molar-refractivity contribution in [2.45, 2.75) is 37.3 Å². The van der Waals surface area contributed by atoms with Crippen LogP contribution in [-0.4, -0.2) is 44.5 Å². The molecule has 5 nitrogen and oxygen atoms in total. The SMILES string of the molecule is COC1(CNC(=O)N[C@H]2CCOC2)CCC1. The molecule has 1 heterocycles. The molecular formula is C11H20N2O3. The fourth-order valence-electron chi connectivity index (χ4n) is 2.15. The van der Waals surface area contributed by atoms with Gasteiger partial charge in [-0.25, -0.2) is 4.79 Å². The van der Waals surface area contributed by atoms with Gasteiger partial charge in [0.2, 0.25) is 0 Å². The van der Waals surface area contributed by atoms with Gasteiger partial charge in [-0.3, -0.25) is 0 Å². The number of rotatable bonds is 4. The minimum absolute atomic E-state index is 0.108. The van der Waals surface area contributed by atoms with Crippen LogP contribution in [0, 0.1) is 0 Å². The first-order valence-corrected chi connectivity index (χ1v) is 5.91. The van der Waals surface area contributed by atoms with Gasteiger partial charge in [-0.05, 0) is 25.7 Å². The molecule has 1 aliphatic heterocycles. The van der Waals surface area contributed by atoms with Crippen molar-refractivity contribution < 1.29 is 14.3 Å². The molecule has 2 aliphatic rings. The molecule has 0 aromatic heterocycles. The Morgan fingerprint density at radius 1 is 1.56 bits per heavy atom. The fraction of sp³-hybridized carbons (Fsp3) is 0.909. The molecule has 2 amide bonds. The maximum absolute atomic E-state index is 11.6. The highest BCUT2D eigenvalue weighted by Crippen LogP contribution is 2.34. The maximum Gasteiger partial charge on any atom is 0.315 e. The van der Waals surface area contributed by atoms with Crippen LogP contribution in [0.25, 0.3) is 0 Å². The third-order valence-corrected chi connectivity index (χ3v) is 3.53. The van der Waals surface area contributed by atoms with Crippen molar-refractivity contribution in [2.75, 3.05) is 26.9 Å². The van der Waals surface area contributed by atoms with Crippen LogP contribution in [-0.2, 0) is 9.47 Å². The number of nitrogens with one attached hydrogen (secondary N) is 2. The van der Waals surface area contributed by atoms with Crippen LogP contribution in [0.3, 0.4) is 0 Å². The Kier molecular flexibility index (Phi) is 3.66. The number of methoxy groups -OCH3 is 1.